The Balaban J connectivity index is 1.86. The molecule has 26 heavy (non-hydrogen) atoms. The van der Waals surface area contributed by atoms with Crippen LogP contribution < -0.4 is 10.6 Å². The molecule has 0 radical (unpaired) electrons. The van der Waals surface area contributed by atoms with Gasteiger partial charge in [-0.3, -0.25) is 4.79 Å². The maximum Gasteiger partial charge on any atom is 0.410 e. The van der Waals surface area contributed by atoms with Gasteiger partial charge in [-0.05, 0) is 39.0 Å². The zero-order valence-corrected chi connectivity index (χ0v) is 17.3. The number of halogens is 2. The van der Waals surface area contributed by atoms with Crippen molar-refractivity contribution in [3.8, 4) is 0 Å². The van der Waals surface area contributed by atoms with Crippen molar-refractivity contribution in [2.75, 3.05) is 31.2 Å². The normalized spacial score (nSPS) is 15.4. The molecule has 3 rings (SSSR count). The molecule has 1 saturated heterocycles. The number of carbonyl (C=O) groups excluding carboxylic acids is 1. The van der Waals surface area contributed by atoms with Crippen molar-refractivity contribution >= 4 is 44.5 Å². The van der Waals surface area contributed by atoms with Crippen LogP contribution in [0, 0.1) is 0 Å². The molecule has 1 aliphatic heterocycles. The molecular weight excluding hydrogens is 422 g/mol. The lowest BCUT2D eigenvalue weighted by Gasteiger charge is -2.37. The molecule has 0 bridgehead atoms. The van der Waals surface area contributed by atoms with Crippen LogP contribution in [0.15, 0.2) is 33.5 Å². The molecule has 1 aliphatic rings. The van der Waals surface area contributed by atoms with Crippen molar-refractivity contribution < 1.29 is 9.53 Å². The standard InChI is InChI=1S/C18H21BrClN3O3/c1-18(2,3)26-17(25)21-6-8-22(9-7-21)23-15-11-13(19)5-4-12(15)10-14(20)16(23)24/h4-5,10-11H,6-9H2,1-3H3. The maximum absolute atomic E-state index is 12.7. The summed E-state index contributed by atoms with van der Waals surface area (Å²) < 4.78 is 7.91. The molecule has 0 spiro atoms. The SMILES string of the molecule is CC(C)(C)OC(=O)N1CCN(n2c(=O)c(Cl)cc3ccc(Br)cc32)CC1. The molecule has 0 N–H and O–H groups in total. The number of ether oxygens (including phenoxy) is 1. The minimum absolute atomic E-state index is 0.175. The van der Waals surface area contributed by atoms with E-state index in [4.69, 9.17) is 16.3 Å². The predicted octanol–water partition coefficient (Wildman–Crippen LogP) is 3.61. The van der Waals surface area contributed by atoms with Crippen LogP contribution in [0.5, 0.6) is 0 Å². The lowest BCUT2D eigenvalue weighted by atomic mass is 10.2. The van der Waals surface area contributed by atoms with E-state index in [0.717, 1.165) is 15.4 Å². The number of fused-ring (bicyclic) bond motifs is 1. The molecule has 140 valence electrons. The highest BCUT2D eigenvalue weighted by atomic mass is 79.9. The Bertz CT molecular complexity index is 899. The summed E-state index contributed by atoms with van der Waals surface area (Å²) in [6.07, 6.45) is -0.330. The van der Waals surface area contributed by atoms with Crippen molar-refractivity contribution in [1.29, 1.82) is 0 Å². The van der Waals surface area contributed by atoms with Crippen molar-refractivity contribution in [2.24, 2.45) is 0 Å². The molecular formula is C18H21BrClN3O3. The number of aromatic nitrogens is 1. The second kappa shape index (κ2) is 7.12. The Morgan fingerprint density at radius 2 is 1.81 bits per heavy atom. The third-order valence-electron chi connectivity index (χ3n) is 4.09. The zero-order chi connectivity index (χ0) is 19.1. The molecule has 0 unspecified atom stereocenters. The number of hydrogen-bond donors (Lipinski definition) is 0. The minimum Gasteiger partial charge on any atom is -0.444 e. The van der Waals surface area contributed by atoms with Crippen molar-refractivity contribution in [1.82, 2.24) is 9.58 Å². The number of benzene rings is 1. The molecule has 8 heteroatoms. The van der Waals surface area contributed by atoms with Crippen LogP contribution in [0.3, 0.4) is 0 Å². The summed E-state index contributed by atoms with van der Waals surface area (Å²) >= 11 is 9.60. The first-order valence-corrected chi connectivity index (χ1v) is 9.57. The summed E-state index contributed by atoms with van der Waals surface area (Å²) in [5.41, 5.74) is -0.0110. The number of hydrogen-bond acceptors (Lipinski definition) is 4. The average molecular weight is 443 g/mol. The van der Waals surface area contributed by atoms with E-state index in [1.54, 1.807) is 15.6 Å². The highest BCUT2D eigenvalue weighted by Crippen LogP contribution is 2.22. The number of nitrogens with zero attached hydrogens (tertiary/aromatic N) is 3. The van der Waals surface area contributed by atoms with Crippen LogP contribution in [0.2, 0.25) is 5.02 Å². The first-order valence-electron chi connectivity index (χ1n) is 8.40. The Morgan fingerprint density at radius 3 is 2.42 bits per heavy atom. The van der Waals surface area contributed by atoms with Gasteiger partial charge in [-0.2, -0.15) is 0 Å². The molecule has 0 atom stereocenters. The second-order valence-electron chi connectivity index (χ2n) is 7.23. The molecule has 0 aliphatic carbocycles. The fraction of sp³-hybridized carbons (Fsp3) is 0.444. The van der Waals surface area contributed by atoms with E-state index in [1.165, 1.54) is 0 Å². The van der Waals surface area contributed by atoms with Crippen LogP contribution in [0.25, 0.3) is 10.9 Å². The fourth-order valence-corrected chi connectivity index (χ4v) is 3.46. The summed E-state index contributed by atoms with van der Waals surface area (Å²) in [5.74, 6) is 0. The van der Waals surface area contributed by atoms with Gasteiger partial charge in [0.2, 0.25) is 0 Å². The zero-order valence-electron chi connectivity index (χ0n) is 15.0. The van der Waals surface area contributed by atoms with Crippen LogP contribution >= 0.6 is 27.5 Å². The van der Waals surface area contributed by atoms with Gasteiger partial charge in [0.1, 0.15) is 10.6 Å². The van der Waals surface area contributed by atoms with Crippen molar-refractivity contribution in [3.05, 3.63) is 44.1 Å². The Labute approximate surface area is 165 Å². The fourth-order valence-electron chi connectivity index (χ4n) is 2.92. The van der Waals surface area contributed by atoms with E-state index in [2.05, 4.69) is 15.9 Å². The molecule has 1 aromatic carbocycles. The molecule has 2 heterocycles. The number of carbonyl (C=O) groups is 1. The molecule has 0 saturated carbocycles. The third kappa shape index (κ3) is 3.99. The van der Waals surface area contributed by atoms with E-state index in [-0.39, 0.29) is 16.7 Å². The first kappa shape index (κ1) is 19.0. The summed E-state index contributed by atoms with van der Waals surface area (Å²) in [4.78, 5) is 26.6. The van der Waals surface area contributed by atoms with Crippen molar-refractivity contribution in [2.45, 2.75) is 26.4 Å². The van der Waals surface area contributed by atoms with Crippen molar-refractivity contribution in [3.63, 3.8) is 0 Å². The van der Waals surface area contributed by atoms with Crippen LogP contribution in [-0.2, 0) is 4.74 Å². The van der Waals surface area contributed by atoms with Crippen LogP contribution in [0.1, 0.15) is 20.8 Å². The molecule has 1 fully saturated rings. The van der Waals surface area contributed by atoms with Gasteiger partial charge in [-0.15, -0.1) is 0 Å². The summed E-state index contributed by atoms with van der Waals surface area (Å²) in [6, 6.07) is 7.40. The summed E-state index contributed by atoms with van der Waals surface area (Å²) in [5, 5.41) is 2.98. The van der Waals surface area contributed by atoms with Gasteiger partial charge in [0, 0.05) is 22.9 Å². The van der Waals surface area contributed by atoms with E-state index >= 15 is 0 Å². The second-order valence-corrected chi connectivity index (χ2v) is 8.56. The summed E-state index contributed by atoms with van der Waals surface area (Å²) in [6.45, 7) is 7.51. The number of amides is 1. The summed E-state index contributed by atoms with van der Waals surface area (Å²) in [7, 11) is 0. The van der Waals surface area contributed by atoms with E-state index in [0.29, 0.717) is 26.2 Å². The van der Waals surface area contributed by atoms with E-state index in [9.17, 15) is 9.59 Å². The molecule has 1 amide bonds. The highest BCUT2D eigenvalue weighted by Gasteiger charge is 2.27. The van der Waals surface area contributed by atoms with Gasteiger partial charge >= 0.3 is 6.09 Å². The smallest absolute Gasteiger partial charge is 0.410 e. The lowest BCUT2D eigenvalue weighted by Crippen LogP contribution is -2.56. The Hall–Kier alpha value is -1.73. The quantitative estimate of drug-likeness (QED) is 0.677. The van der Waals surface area contributed by atoms with Gasteiger partial charge in [0.05, 0.1) is 18.6 Å². The van der Waals surface area contributed by atoms with Gasteiger partial charge in [0.25, 0.3) is 5.56 Å². The Kier molecular flexibility index (Phi) is 5.21. The topological polar surface area (TPSA) is 54.8 Å². The van der Waals surface area contributed by atoms with E-state index < -0.39 is 5.60 Å². The maximum atomic E-state index is 12.7. The first-order chi connectivity index (χ1) is 12.2. The number of piperazine rings is 1. The highest BCUT2D eigenvalue weighted by molar-refractivity contribution is 9.10. The molecule has 2 aromatic rings. The predicted molar refractivity (Wildman–Crippen MR) is 107 cm³/mol. The van der Waals surface area contributed by atoms with Gasteiger partial charge in [-0.1, -0.05) is 33.6 Å². The van der Waals surface area contributed by atoms with Crippen LogP contribution in [0.4, 0.5) is 4.79 Å². The van der Waals surface area contributed by atoms with Gasteiger partial charge < -0.3 is 14.6 Å². The molecule has 1 aromatic heterocycles. The molecule has 6 nitrogen and oxygen atoms in total. The van der Waals surface area contributed by atoms with E-state index in [1.807, 2.05) is 44.0 Å². The third-order valence-corrected chi connectivity index (χ3v) is 4.85. The monoisotopic (exact) mass is 441 g/mol. The van der Waals surface area contributed by atoms with Crippen LogP contribution in [-0.4, -0.2) is 47.4 Å². The van der Waals surface area contributed by atoms with Gasteiger partial charge in [-0.25, -0.2) is 9.47 Å². The number of pyridine rings is 1. The lowest BCUT2D eigenvalue weighted by molar-refractivity contribution is 0.0232. The minimum atomic E-state index is -0.527. The Morgan fingerprint density at radius 1 is 1.15 bits per heavy atom. The average Bonchev–Trinajstić information content (AvgIpc) is 2.55. The van der Waals surface area contributed by atoms with Gasteiger partial charge in [0.15, 0.2) is 0 Å². The number of rotatable bonds is 1. The largest absolute Gasteiger partial charge is 0.444 e.